The molecule has 0 heteroatoms. The summed E-state index contributed by atoms with van der Waals surface area (Å²) in [6.07, 6.45) is 6.55. The molecule has 0 atom stereocenters. The van der Waals surface area contributed by atoms with Crippen molar-refractivity contribution in [3.05, 3.63) is 42.0 Å². The molecule has 0 aliphatic heterocycles. The zero-order valence-electron chi connectivity index (χ0n) is 12.6. The molecule has 0 saturated heterocycles. The number of hydrogen-bond acceptors (Lipinski definition) is 0. The summed E-state index contributed by atoms with van der Waals surface area (Å²) >= 11 is 0. The van der Waals surface area contributed by atoms with E-state index in [-0.39, 0.29) is 5.41 Å². The molecule has 18 heavy (non-hydrogen) atoms. The van der Waals surface area contributed by atoms with Crippen LogP contribution in [0.2, 0.25) is 0 Å². The zero-order valence-corrected chi connectivity index (χ0v) is 12.6. The Morgan fingerprint density at radius 1 is 1.11 bits per heavy atom. The molecule has 1 aromatic carbocycles. The fourth-order valence-electron chi connectivity index (χ4n) is 2.42. The van der Waals surface area contributed by atoms with Crippen molar-refractivity contribution < 1.29 is 0 Å². The maximum atomic E-state index is 4.36. The van der Waals surface area contributed by atoms with Gasteiger partial charge in [-0.1, -0.05) is 77.3 Å². The normalized spacial score (nSPS) is 11.6. The third-order valence-electron chi connectivity index (χ3n) is 3.94. The van der Waals surface area contributed by atoms with E-state index in [1.165, 1.54) is 48.8 Å². The van der Waals surface area contributed by atoms with E-state index in [4.69, 9.17) is 0 Å². The predicted octanol–water partition coefficient (Wildman–Crippen LogP) is 6.00. The SMILES string of the molecule is C=C(c1ccccc1C)C(C)(C)CCCCCC. The summed E-state index contributed by atoms with van der Waals surface area (Å²) in [6.45, 7) is 13.4. The lowest BCUT2D eigenvalue weighted by Crippen LogP contribution is -2.14. The number of hydrogen-bond donors (Lipinski definition) is 0. The van der Waals surface area contributed by atoms with Crippen LogP contribution in [0.15, 0.2) is 30.8 Å². The van der Waals surface area contributed by atoms with E-state index < -0.39 is 0 Å². The summed E-state index contributed by atoms with van der Waals surface area (Å²) in [5.41, 5.74) is 4.17. The van der Waals surface area contributed by atoms with E-state index in [1.807, 2.05) is 0 Å². The van der Waals surface area contributed by atoms with Gasteiger partial charge in [-0.15, -0.1) is 0 Å². The van der Waals surface area contributed by atoms with Gasteiger partial charge in [-0.2, -0.15) is 0 Å². The first-order valence-electron chi connectivity index (χ1n) is 7.24. The third kappa shape index (κ3) is 4.01. The molecule has 1 aromatic rings. The first-order chi connectivity index (χ1) is 8.49. The molecule has 0 saturated carbocycles. The second-order valence-electron chi connectivity index (χ2n) is 5.99. The van der Waals surface area contributed by atoms with Crippen LogP contribution in [-0.2, 0) is 0 Å². The van der Waals surface area contributed by atoms with E-state index in [1.54, 1.807) is 0 Å². The largest absolute Gasteiger partial charge is 0.0947 e. The van der Waals surface area contributed by atoms with Gasteiger partial charge >= 0.3 is 0 Å². The number of aryl methyl sites for hydroxylation is 1. The van der Waals surface area contributed by atoms with Crippen molar-refractivity contribution in [1.82, 2.24) is 0 Å². The molecule has 0 bridgehead atoms. The second-order valence-corrected chi connectivity index (χ2v) is 5.99. The van der Waals surface area contributed by atoms with Gasteiger partial charge in [-0.25, -0.2) is 0 Å². The summed E-state index contributed by atoms with van der Waals surface area (Å²) < 4.78 is 0. The molecular formula is C18H28. The van der Waals surface area contributed by atoms with E-state index >= 15 is 0 Å². The van der Waals surface area contributed by atoms with Gasteiger partial charge in [0.15, 0.2) is 0 Å². The lowest BCUT2D eigenvalue weighted by atomic mass is 9.76. The monoisotopic (exact) mass is 244 g/mol. The van der Waals surface area contributed by atoms with Crippen LogP contribution in [0.4, 0.5) is 0 Å². The van der Waals surface area contributed by atoms with Crippen molar-refractivity contribution >= 4 is 5.57 Å². The molecule has 1 rings (SSSR count). The Bertz CT molecular complexity index is 385. The Morgan fingerprint density at radius 2 is 1.78 bits per heavy atom. The Labute approximate surface area is 113 Å². The molecule has 0 nitrogen and oxygen atoms in total. The Hall–Kier alpha value is -1.04. The summed E-state index contributed by atoms with van der Waals surface area (Å²) in [4.78, 5) is 0. The van der Waals surface area contributed by atoms with Gasteiger partial charge in [0.25, 0.3) is 0 Å². The summed E-state index contributed by atoms with van der Waals surface area (Å²) in [5, 5.41) is 0. The number of rotatable bonds is 7. The lowest BCUT2D eigenvalue weighted by Gasteiger charge is -2.28. The molecule has 0 aliphatic rings. The van der Waals surface area contributed by atoms with Gasteiger partial charge in [0.05, 0.1) is 0 Å². The molecule has 0 fully saturated rings. The van der Waals surface area contributed by atoms with Gasteiger partial charge < -0.3 is 0 Å². The van der Waals surface area contributed by atoms with Crippen LogP contribution in [0.25, 0.3) is 5.57 Å². The van der Waals surface area contributed by atoms with Crippen LogP contribution in [0, 0.1) is 12.3 Å². The van der Waals surface area contributed by atoms with Crippen molar-refractivity contribution in [2.75, 3.05) is 0 Å². The highest BCUT2D eigenvalue weighted by Crippen LogP contribution is 2.38. The predicted molar refractivity (Wildman–Crippen MR) is 82.8 cm³/mol. The van der Waals surface area contributed by atoms with Crippen LogP contribution in [-0.4, -0.2) is 0 Å². The van der Waals surface area contributed by atoms with Gasteiger partial charge in [0, 0.05) is 0 Å². The van der Waals surface area contributed by atoms with Crippen LogP contribution in [0.1, 0.15) is 64.0 Å². The lowest BCUT2D eigenvalue weighted by molar-refractivity contribution is 0.426. The molecule has 0 aliphatic carbocycles. The molecule has 0 N–H and O–H groups in total. The fourth-order valence-corrected chi connectivity index (χ4v) is 2.42. The molecular weight excluding hydrogens is 216 g/mol. The maximum absolute atomic E-state index is 4.36. The Kier molecular flexibility index (Phi) is 5.65. The summed E-state index contributed by atoms with van der Waals surface area (Å²) in [6, 6.07) is 8.58. The first kappa shape index (κ1) is 15.0. The molecule has 0 spiro atoms. The molecule has 100 valence electrons. The molecule has 0 radical (unpaired) electrons. The number of allylic oxidation sites excluding steroid dienone is 1. The average Bonchev–Trinajstić information content (AvgIpc) is 2.34. The number of unbranched alkanes of at least 4 members (excludes halogenated alkanes) is 3. The first-order valence-corrected chi connectivity index (χ1v) is 7.24. The Morgan fingerprint density at radius 3 is 2.39 bits per heavy atom. The summed E-state index contributed by atoms with van der Waals surface area (Å²) in [7, 11) is 0. The molecule has 0 aromatic heterocycles. The fraction of sp³-hybridized carbons (Fsp3) is 0.556. The average molecular weight is 244 g/mol. The van der Waals surface area contributed by atoms with Crippen molar-refractivity contribution in [1.29, 1.82) is 0 Å². The molecule has 0 heterocycles. The topological polar surface area (TPSA) is 0 Å². The maximum Gasteiger partial charge on any atom is -0.0103 e. The smallest absolute Gasteiger partial charge is 0.0103 e. The minimum Gasteiger partial charge on any atom is -0.0947 e. The molecule has 0 amide bonds. The van der Waals surface area contributed by atoms with E-state index in [0.717, 1.165) is 0 Å². The van der Waals surface area contributed by atoms with Crippen LogP contribution < -0.4 is 0 Å². The van der Waals surface area contributed by atoms with Gasteiger partial charge in [0.2, 0.25) is 0 Å². The van der Waals surface area contributed by atoms with Crippen molar-refractivity contribution in [3.8, 4) is 0 Å². The molecule has 0 unspecified atom stereocenters. The zero-order chi connectivity index (χ0) is 13.6. The highest BCUT2D eigenvalue weighted by atomic mass is 14.3. The van der Waals surface area contributed by atoms with E-state index in [0.29, 0.717) is 0 Å². The van der Waals surface area contributed by atoms with Crippen molar-refractivity contribution in [2.45, 2.75) is 59.8 Å². The second kappa shape index (κ2) is 6.78. The van der Waals surface area contributed by atoms with E-state index in [2.05, 4.69) is 58.5 Å². The standard InChI is InChI=1S/C18H28/c1-6-7-8-11-14-18(4,5)16(3)17-13-10-9-12-15(17)2/h9-10,12-13H,3,6-8,11,14H2,1-2,4-5H3. The van der Waals surface area contributed by atoms with Crippen molar-refractivity contribution in [2.24, 2.45) is 5.41 Å². The number of benzene rings is 1. The van der Waals surface area contributed by atoms with E-state index in [9.17, 15) is 0 Å². The quantitative estimate of drug-likeness (QED) is 0.516. The van der Waals surface area contributed by atoms with Crippen LogP contribution >= 0.6 is 0 Å². The van der Waals surface area contributed by atoms with Gasteiger partial charge in [-0.05, 0) is 35.5 Å². The minimum atomic E-state index is 0.208. The van der Waals surface area contributed by atoms with Gasteiger partial charge in [0.1, 0.15) is 0 Å². The van der Waals surface area contributed by atoms with Gasteiger partial charge in [-0.3, -0.25) is 0 Å². The van der Waals surface area contributed by atoms with Crippen LogP contribution in [0.3, 0.4) is 0 Å². The summed E-state index contributed by atoms with van der Waals surface area (Å²) in [5.74, 6) is 0. The highest BCUT2D eigenvalue weighted by Gasteiger charge is 2.23. The third-order valence-corrected chi connectivity index (χ3v) is 3.94. The van der Waals surface area contributed by atoms with Crippen molar-refractivity contribution in [3.63, 3.8) is 0 Å². The highest BCUT2D eigenvalue weighted by molar-refractivity contribution is 5.70. The minimum absolute atomic E-state index is 0.208. The Balaban J connectivity index is 2.67. The van der Waals surface area contributed by atoms with Crippen LogP contribution in [0.5, 0.6) is 0 Å².